The van der Waals surface area contributed by atoms with Crippen molar-refractivity contribution in [2.45, 2.75) is 38.1 Å². The highest BCUT2D eigenvalue weighted by Gasteiger charge is 2.16. The zero-order valence-electron chi connectivity index (χ0n) is 14.2. The Balaban J connectivity index is 1.51. The number of amides is 1. The van der Waals surface area contributed by atoms with Gasteiger partial charge in [0.25, 0.3) is 5.91 Å². The predicted octanol–water partition coefficient (Wildman–Crippen LogP) is 3.85. The Morgan fingerprint density at radius 2 is 1.80 bits per heavy atom. The highest BCUT2D eigenvalue weighted by molar-refractivity contribution is 5.95. The standard InChI is InChI=1S/C21H23NO3/c23-20(22-18-10-2-1-3-11-18)15-25-21(24)14-13-17-9-6-8-16-7-4-5-12-19(16)17/h4-9,12-14,18H,1-3,10-11,15H2,(H,22,23). The molecule has 1 saturated carbocycles. The molecule has 0 aromatic heterocycles. The first kappa shape index (κ1) is 17.2. The summed E-state index contributed by atoms with van der Waals surface area (Å²) in [5.41, 5.74) is 0.946. The highest BCUT2D eigenvalue weighted by atomic mass is 16.5. The van der Waals surface area contributed by atoms with Crippen LogP contribution in [0.25, 0.3) is 16.8 Å². The normalized spacial score (nSPS) is 15.4. The Morgan fingerprint density at radius 3 is 2.64 bits per heavy atom. The van der Waals surface area contributed by atoms with Crippen LogP contribution in [-0.2, 0) is 14.3 Å². The molecule has 2 aromatic rings. The minimum Gasteiger partial charge on any atom is -0.452 e. The summed E-state index contributed by atoms with van der Waals surface area (Å²) in [6.45, 7) is -0.227. The fourth-order valence-corrected chi connectivity index (χ4v) is 3.25. The third-order valence-corrected chi connectivity index (χ3v) is 4.54. The van der Waals surface area contributed by atoms with Crippen LogP contribution >= 0.6 is 0 Å². The Kier molecular flexibility index (Phi) is 5.83. The molecule has 0 unspecified atom stereocenters. The van der Waals surface area contributed by atoms with Crippen LogP contribution in [-0.4, -0.2) is 24.5 Å². The third-order valence-electron chi connectivity index (χ3n) is 4.54. The zero-order chi connectivity index (χ0) is 17.5. The number of carbonyl (C=O) groups excluding carboxylic acids is 2. The van der Waals surface area contributed by atoms with Gasteiger partial charge in [0.15, 0.2) is 6.61 Å². The van der Waals surface area contributed by atoms with Gasteiger partial charge >= 0.3 is 5.97 Å². The number of rotatable bonds is 5. The van der Waals surface area contributed by atoms with Crippen molar-refractivity contribution < 1.29 is 14.3 Å². The first-order chi connectivity index (χ1) is 12.2. The summed E-state index contributed by atoms with van der Waals surface area (Å²) in [7, 11) is 0. The van der Waals surface area contributed by atoms with E-state index in [1.54, 1.807) is 6.08 Å². The lowest BCUT2D eigenvalue weighted by atomic mass is 9.95. The summed E-state index contributed by atoms with van der Waals surface area (Å²) in [6, 6.07) is 14.1. The Labute approximate surface area is 147 Å². The van der Waals surface area contributed by atoms with E-state index in [1.165, 1.54) is 12.5 Å². The van der Waals surface area contributed by atoms with Crippen molar-refractivity contribution in [1.29, 1.82) is 0 Å². The molecule has 1 fully saturated rings. The summed E-state index contributed by atoms with van der Waals surface area (Å²) < 4.78 is 5.04. The van der Waals surface area contributed by atoms with Crippen LogP contribution < -0.4 is 5.32 Å². The van der Waals surface area contributed by atoms with Crippen molar-refractivity contribution in [3.63, 3.8) is 0 Å². The molecular weight excluding hydrogens is 314 g/mol. The molecule has 2 aromatic carbocycles. The van der Waals surface area contributed by atoms with Crippen molar-refractivity contribution in [2.75, 3.05) is 6.61 Å². The smallest absolute Gasteiger partial charge is 0.331 e. The maximum Gasteiger partial charge on any atom is 0.331 e. The molecule has 1 N–H and O–H groups in total. The number of benzene rings is 2. The predicted molar refractivity (Wildman–Crippen MR) is 99.0 cm³/mol. The molecule has 4 nitrogen and oxygen atoms in total. The lowest BCUT2D eigenvalue weighted by molar-refractivity contribution is -0.144. The molecule has 0 bridgehead atoms. The lowest BCUT2D eigenvalue weighted by Crippen LogP contribution is -2.38. The van der Waals surface area contributed by atoms with E-state index in [4.69, 9.17) is 4.74 Å². The van der Waals surface area contributed by atoms with Crippen molar-refractivity contribution >= 4 is 28.7 Å². The summed E-state index contributed by atoms with van der Waals surface area (Å²) >= 11 is 0. The second-order valence-corrected chi connectivity index (χ2v) is 6.41. The Hall–Kier alpha value is -2.62. The van der Waals surface area contributed by atoms with E-state index in [9.17, 15) is 9.59 Å². The monoisotopic (exact) mass is 337 g/mol. The molecule has 25 heavy (non-hydrogen) atoms. The van der Waals surface area contributed by atoms with Gasteiger partial charge in [-0.25, -0.2) is 4.79 Å². The molecule has 4 heteroatoms. The maximum absolute atomic E-state index is 11.9. The van der Waals surface area contributed by atoms with Gasteiger partial charge in [0.05, 0.1) is 0 Å². The average molecular weight is 337 g/mol. The van der Waals surface area contributed by atoms with Gasteiger partial charge in [0, 0.05) is 12.1 Å². The van der Waals surface area contributed by atoms with Gasteiger partial charge in [-0.15, -0.1) is 0 Å². The summed E-state index contributed by atoms with van der Waals surface area (Å²) in [6.07, 6.45) is 8.66. The fourth-order valence-electron chi connectivity index (χ4n) is 3.25. The first-order valence-electron chi connectivity index (χ1n) is 8.84. The van der Waals surface area contributed by atoms with Gasteiger partial charge in [0.2, 0.25) is 0 Å². The summed E-state index contributed by atoms with van der Waals surface area (Å²) in [5, 5.41) is 5.12. The van der Waals surface area contributed by atoms with Gasteiger partial charge < -0.3 is 10.1 Å². The van der Waals surface area contributed by atoms with Crippen LogP contribution in [0.15, 0.2) is 48.5 Å². The molecule has 1 aliphatic carbocycles. The number of hydrogen-bond acceptors (Lipinski definition) is 3. The third kappa shape index (κ3) is 4.92. The quantitative estimate of drug-likeness (QED) is 0.666. The molecule has 0 heterocycles. The summed E-state index contributed by atoms with van der Waals surface area (Å²) in [5.74, 6) is -0.731. The van der Waals surface area contributed by atoms with Crippen LogP contribution in [0.5, 0.6) is 0 Å². The van der Waals surface area contributed by atoms with E-state index in [1.807, 2.05) is 42.5 Å². The molecule has 3 rings (SSSR count). The number of esters is 1. The van der Waals surface area contributed by atoms with Crippen molar-refractivity contribution in [3.05, 3.63) is 54.1 Å². The number of fused-ring (bicyclic) bond motifs is 1. The van der Waals surface area contributed by atoms with Gasteiger partial charge in [-0.2, -0.15) is 0 Å². The topological polar surface area (TPSA) is 55.4 Å². The van der Waals surface area contributed by atoms with Crippen molar-refractivity contribution in [2.24, 2.45) is 0 Å². The largest absolute Gasteiger partial charge is 0.452 e. The second-order valence-electron chi connectivity index (χ2n) is 6.41. The van der Waals surface area contributed by atoms with E-state index < -0.39 is 5.97 Å². The minimum atomic E-state index is -0.508. The molecule has 0 atom stereocenters. The van der Waals surface area contributed by atoms with E-state index in [0.29, 0.717) is 0 Å². The van der Waals surface area contributed by atoms with E-state index in [2.05, 4.69) is 5.32 Å². The molecule has 0 aliphatic heterocycles. The van der Waals surface area contributed by atoms with Gasteiger partial charge in [-0.1, -0.05) is 61.7 Å². The molecule has 1 amide bonds. The SMILES string of the molecule is O=C(COC(=O)C=Cc1cccc2ccccc12)NC1CCCCC1. The van der Waals surface area contributed by atoms with Gasteiger partial charge in [-0.05, 0) is 35.3 Å². The second kappa shape index (κ2) is 8.47. The van der Waals surface area contributed by atoms with Gasteiger partial charge in [-0.3, -0.25) is 4.79 Å². The fraction of sp³-hybridized carbons (Fsp3) is 0.333. The van der Waals surface area contributed by atoms with Crippen LogP contribution in [0.3, 0.4) is 0 Å². The molecule has 0 spiro atoms. The van der Waals surface area contributed by atoms with Crippen LogP contribution in [0.4, 0.5) is 0 Å². The highest BCUT2D eigenvalue weighted by Crippen LogP contribution is 2.19. The molecule has 0 saturated heterocycles. The van der Waals surface area contributed by atoms with Crippen molar-refractivity contribution in [1.82, 2.24) is 5.32 Å². The molecule has 130 valence electrons. The number of hydrogen-bond donors (Lipinski definition) is 1. The van der Waals surface area contributed by atoms with E-state index in [-0.39, 0.29) is 18.6 Å². The zero-order valence-corrected chi connectivity index (χ0v) is 14.2. The van der Waals surface area contributed by atoms with E-state index in [0.717, 1.165) is 42.0 Å². The molecule has 0 radical (unpaired) electrons. The van der Waals surface area contributed by atoms with Gasteiger partial charge in [0.1, 0.15) is 0 Å². The minimum absolute atomic E-state index is 0.223. The molecule has 1 aliphatic rings. The van der Waals surface area contributed by atoms with Crippen molar-refractivity contribution in [3.8, 4) is 0 Å². The lowest BCUT2D eigenvalue weighted by Gasteiger charge is -2.22. The number of ether oxygens (including phenoxy) is 1. The number of carbonyl (C=O) groups is 2. The Bertz CT molecular complexity index is 770. The van der Waals surface area contributed by atoms with E-state index >= 15 is 0 Å². The van der Waals surface area contributed by atoms with Crippen LogP contribution in [0, 0.1) is 0 Å². The van der Waals surface area contributed by atoms with Crippen LogP contribution in [0.2, 0.25) is 0 Å². The Morgan fingerprint density at radius 1 is 1.04 bits per heavy atom. The summed E-state index contributed by atoms with van der Waals surface area (Å²) in [4.78, 5) is 23.7. The average Bonchev–Trinajstić information content (AvgIpc) is 2.65. The van der Waals surface area contributed by atoms with Crippen LogP contribution in [0.1, 0.15) is 37.7 Å². The molecular formula is C21H23NO3. The maximum atomic E-state index is 11.9. The number of nitrogens with one attached hydrogen (secondary N) is 1. The first-order valence-corrected chi connectivity index (χ1v) is 8.84.